The highest BCUT2D eigenvalue weighted by Crippen LogP contribution is 2.20. The predicted molar refractivity (Wildman–Crippen MR) is 66.7 cm³/mol. The molecular weight excluding hydrogens is 229 g/mol. The van der Waals surface area contributed by atoms with Gasteiger partial charge in [0.25, 0.3) is 0 Å². The molecule has 0 N–H and O–H groups in total. The van der Waals surface area contributed by atoms with Crippen LogP contribution in [0, 0.1) is 11.7 Å². The molecule has 0 fully saturated rings. The van der Waals surface area contributed by atoms with E-state index >= 15 is 0 Å². The Balaban J connectivity index is 1.85. The van der Waals surface area contributed by atoms with Crippen LogP contribution in [0.3, 0.4) is 0 Å². The van der Waals surface area contributed by atoms with E-state index in [0.717, 1.165) is 36.6 Å². The van der Waals surface area contributed by atoms with Crippen LogP contribution in [0.25, 0.3) is 0 Å². The van der Waals surface area contributed by atoms with E-state index in [0.29, 0.717) is 5.92 Å². The maximum Gasteiger partial charge on any atom is 0.137 e. The van der Waals surface area contributed by atoms with E-state index in [9.17, 15) is 4.39 Å². The molecular formula is C14H16FN3. The highest BCUT2D eigenvalue weighted by atomic mass is 19.1. The van der Waals surface area contributed by atoms with Crippen LogP contribution in [-0.4, -0.2) is 14.8 Å². The maximum absolute atomic E-state index is 12.9. The minimum Gasteiger partial charge on any atom is -0.314 e. The minimum absolute atomic E-state index is 0.198. The number of rotatable bonds is 2. The molecule has 0 saturated carbocycles. The molecule has 0 radical (unpaired) electrons. The zero-order valence-electron chi connectivity index (χ0n) is 10.4. The number of hydrogen-bond donors (Lipinski definition) is 0. The Bertz CT molecular complexity index is 545. The van der Waals surface area contributed by atoms with Gasteiger partial charge in [0.15, 0.2) is 0 Å². The molecule has 3 nitrogen and oxygen atoms in total. The summed E-state index contributed by atoms with van der Waals surface area (Å²) in [4.78, 5) is 0. The summed E-state index contributed by atoms with van der Waals surface area (Å²) in [6, 6.07) is 6.60. The van der Waals surface area contributed by atoms with Gasteiger partial charge < -0.3 is 4.57 Å². The first-order valence-corrected chi connectivity index (χ1v) is 6.38. The summed E-state index contributed by atoms with van der Waals surface area (Å²) in [5.74, 6) is 2.56. The van der Waals surface area contributed by atoms with Gasteiger partial charge in [-0.2, -0.15) is 0 Å². The van der Waals surface area contributed by atoms with Gasteiger partial charge in [-0.3, -0.25) is 0 Å². The van der Waals surface area contributed by atoms with Crippen molar-refractivity contribution in [1.29, 1.82) is 0 Å². The van der Waals surface area contributed by atoms with Crippen molar-refractivity contribution in [1.82, 2.24) is 14.8 Å². The average Bonchev–Trinajstić information content (AvgIpc) is 2.75. The van der Waals surface area contributed by atoms with Gasteiger partial charge in [0.1, 0.15) is 17.5 Å². The molecule has 4 heteroatoms. The van der Waals surface area contributed by atoms with Crippen LogP contribution in [0.2, 0.25) is 0 Å². The number of hydrogen-bond acceptors (Lipinski definition) is 2. The second-order valence-corrected chi connectivity index (χ2v) is 5.09. The third kappa shape index (κ3) is 2.15. The molecule has 0 aliphatic carbocycles. The molecule has 3 rings (SSSR count). The molecule has 1 aliphatic rings. The van der Waals surface area contributed by atoms with Crippen LogP contribution in [0.1, 0.15) is 30.6 Å². The van der Waals surface area contributed by atoms with E-state index in [1.54, 1.807) is 0 Å². The van der Waals surface area contributed by atoms with Crippen molar-refractivity contribution in [3.8, 4) is 0 Å². The lowest BCUT2D eigenvalue weighted by atomic mass is 10.0. The Morgan fingerprint density at radius 3 is 2.83 bits per heavy atom. The summed E-state index contributed by atoms with van der Waals surface area (Å²) in [6.45, 7) is 3.25. The van der Waals surface area contributed by atoms with E-state index < -0.39 is 0 Å². The largest absolute Gasteiger partial charge is 0.314 e. The molecule has 1 unspecified atom stereocenters. The van der Waals surface area contributed by atoms with E-state index in [4.69, 9.17) is 0 Å². The summed E-state index contributed by atoms with van der Waals surface area (Å²) in [5, 5.41) is 8.51. The SMILES string of the molecule is CC1CCc2nnc(Cc3ccc(F)cc3)n2C1. The molecule has 2 heterocycles. The van der Waals surface area contributed by atoms with Gasteiger partial charge in [-0.15, -0.1) is 10.2 Å². The Hall–Kier alpha value is -1.71. The first-order chi connectivity index (χ1) is 8.72. The van der Waals surface area contributed by atoms with E-state index in [2.05, 4.69) is 21.7 Å². The van der Waals surface area contributed by atoms with Crippen molar-refractivity contribution in [2.75, 3.05) is 0 Å². The van der Waals surface area contributed by atoms with Gasteiger partial charge in [0.2, 0.25) is 0 Å². The van der Waals surface area contributed by atoms with Crippen molar-refractivity contribution in [2.45, 2.75) is 32.7 Å². The first kappa shape index (κ1) is 11.4. The van der Waals surface area contributed by atoms with Crippen LogP contribution < -0.4 is 0 Å². The quantitative estimate of drug-likeness (QED) is 0.814. The van der Waals surface area contributed by atoms with Crippen LogP contribution in [0.15, 0.2) is 24.3 Å². The highest BCUT2D eigenvalue weighted by molar-refractivity contribution is 5.20. The van der Waals surface area contributed by atoms with Crippen LogP contribution in [-0.2, 0) is 19.4 Å². The smallest absolute Gasteiger partial charge is 0.137 e. The molecule has 0 spiro atoms. The predicted octanol–water partition coefficient (Wildman–Crippen LogP) is 2.59. The normalized spacial score (nSPS) is 18.7. The monoisotopic (exact) mass is 245 g/mol. The summed E-state index contributed by atoms with van der Waals surface area (Å²) in [5.41, 5.74) is 1.07. The van der Waals surface area contributed by atoms with Crippen molar-refractivity contribution < 1.29 is 4.39 Å². The fraction of sp³-hybridized carbons (Fsp3) is 0.429. The summed E-state index contributed by atoms with van der Waals surface area (Å²) in [6.07, 6.45) is 2.92. The molecule has 1 aromatic heterocycles. The number of nitrogens with zero attached hydrogens (tertiary/aromatic N) is 3. The molecule has 1 aliphatic heterocycles. The highest BCUT2D eigenvalue weighted by Gasteiger charge is 2.19. The zero-order valence-corrected chi connectivity index (χ0v) is 10.4. The minimum atomic E-state index is -0.198. The van der Waals surface area contributed by atoms with E-state index in [1.165, 1.54) is 18.6 Å². The topological polar surface area (TPSA) is 30.7 Å². The lowest BCUT2D eigenvalue weighted by molar-refractivity contribution is 0.387. The molecule has 94 valence electrons. The third-order valence-corrected chi connectivity index (χ3v) is 3.53. The first-order valence-electron chi connectivity index (χ1n) is 6.38. The number of benzene rings is 1. The van der Waals surface area contributed by atoms with Crippen LogP contribution in [0.5, 0.6) is 0 Å². The van der Waals surface area contributed by atoms with E-state index in [1.807, 2.05) is 12.1 Å². The molecule has 0 saturated heterocycles. The fourth-order valence-electron chi connectivity index (χ4n) is 2.46. The number of aromatic nitrogens is 3. The average molecular weight is 245 g/mol. The van der Waals surface area contributed by atoms with Crippen molar-refractivity contribution in [2.24, 2.45) is 5.92 Å². The van der Waals surface area contributed by atoms with Crippen molar-refractivity contribution in [3.05, 3.63) is 47.3 Å². The number of fused-ring (bicyclic) bond motifs is 1. The van der Waals surface area contributed by atoms with Gasteiger partial charge in [-0.05, 0) is 30.0 Å². The van der Waals surface area contributed by atoms with Gasteiger partial charge >= 0.3 is 0 Å². The van der Waals surface area contributed by atoms with E-state index in [-0.39, 0.29) is 5.82 Å². The fourth-order valence-corrected chi connectivity index (χ4v) is 2.46. The molecule has 0 bridgehead atoms. The number of aryl methyl sites for hydroxylation is 1. The standard InChI is InChI=1S/C14H16FN3/c1-10-2-7-13-16-17-14(18(13)9-10)8-11-3-5-12(15)6-4-11/h3-6,10H,2,7-9H2,1H3. The molecule has 2 aromatic rings. The molecule has 1 atom stereocenters. The summed E-state index contributed by atoms with van der Waals surface area (Å²) < 4.78 is 15.1. The van der Waals surface area contributed by atoms with Gasteiger partial charge in [-0.25, -0.2) is 4.39 Å². The Labute approximate surface area is 106 Å². The zero-order chi connectivity index (χ0) is 12.5. The van der Waals surface area contributed by atoms with Crippen LogP contribution >= 0.6 is 0 Å². The Kier molecular flexibility index (Phi) is 2.86. The lowest BCUT2D eigenvalue weighted by Gasteiger charge is -2.20. The Morgan fingerprint density at radius 1 is 1.28 bits per heavy atom. The maximum atomic E-state index is 12.9. The van der Waals surface area contributed by atoms with Crippen molar-refractivity contribution >= 4 is 0 Å². The Morgan fingerprint density at radius 2 is 2.06 bits per heavy atom. The summed E-state index contributed by atoms with van der Waals surface area (Å²) >= 11 is 0. The van der Waals surface area contributed by atoms with Crippen molar-refractivity contribution in [3.63, 3.8) is 0 Å². The third-order valence-electron chi connectivity index (χ3n) is 3.53. The van der Waals surface area contributed by atoms with Gasteiger partial charge in [0, 0.05) is 19.4 Å². The molecule has 1 aromatic carbocycles. The van der Waals surface area contributed by atoms with Gasteiger partial charge in [-0.1, -0.05) is 19.1 Å². The summed E-state index contributed by atoms with van der Waals surface area (Å²) in [7, 11) is 0. The van der Waals surface area contributed by atoms with Gasteiger partial charge in [0.05, 0.1) is 0 Å². The van der Waals surface area contributed by atoms with Crippen LogP contribution in [0.4, 0.5) is 4.39 Å². The molecule has 0 amide bonds. The second kappa shape index (κ2) is 4.52. The lowest BCUT2D eigenvalue weighted by Crippen LogP contribution is -2.20. The molecule has 18 heavy (non-hydrogen) atoms. The number of halogens is 1. The second-order valence-electron chi connectivity index (χ2n) is 5.09.